The number of thioether (sulfide) groups is 1. The number of hydrogen-bond acceptors (Lipinski definition) is 5. The van der Waals surface area contributed by atoms with Gasteiger partial charge in [-0.05, 0) is 36.7 Å². The Kier molecular flexibility index (Phi) is 4.53. The molecule has 0 bridgehead atoms. The van der Waals surface area contributed by atoms with E-state index in [1.165, 1.54) is 31.0 Å². The van der Waals surface area contributed by atoms with Crippen molar-refractivity contribution in [3.05, 3.63) is 34.9 Å². The molecule has 1 saturated carbocycles. The molecule has 2 heterocycles. The largest absolute Gasteiger partial charge is 0.493 e. The summed E-state index contributed by atoms with van der Waals surface area (Å²) in [6.07, 6.45) is 7.74. The first-order chi connectivity index (χ1) is 12.2. The number of ether oxygens (including phenoxy) is 1. The molecule has 0 unspecified atom stereocenters. The van der Waals surface area contributed by atoms with Crippen molar-refractivity contribution >= 4 is 39.9 Å². The minimum Gasteiger partial charge on any atom is -0.493 e. The lowest BCUT2D eigenvalue weighted by Crippen LogP contribution is -2.22. The number of nitrogens with zero attached hydrogens (tertiary/aromatic N) is 1. The molecule has 6 heteroatoms. The monoisotopic (exact) mass is 356 g/mol. The van der Waals surface area contributed by atoms with Gasteiger partial charge in [-0.1, -0.05) is 31.4 Å². The predicted octanol–water partition coefficient (Wildman–Crippen LogP) is 4.33. The molecule has 1 aromatic carbocycles. The molecule has 1 saturated heterocycles. The number of carbonyl (C=O) groups excluding carboxylic acids is 1. The number of amidine groups is 1. The molecule has 4 rings (SSSR count). The molecule has 130 valence electrons. The van der Waals surface area contributed by atoms with Crippen LogP contribution in [0.4, 0.5) is 0 Å². The number of benzene rings is 1. The van der Waals surface area contributed by atoms with E-state index in [-0.39, 0.29) is 5.91 Å². The summed E-state index contributed by atoms with van der Waals surface area (Å²) in [4.78, 5) is 17.5. The summed E-state index contributed by atoms with van der Waals surface area (Å²) < 4.78 is 11.2. The number of hydrogen-bond donors (Lipinski definition) is 1. The summed E-state index contributed by atoms with van der Waals surface area (Å²) in [5, 5.41) is 4.52. The summed E-state index contributed by atoms with van der Waals surface area (Å²) in [6.45, 7) is 0. The molecule has 0 spiro atoms. The maximum Gasteiger partial charge on any atom is 0.264 e. The summed E-state index contributed by atoms with van der Waals surface area (Å²) >= 11 is 1.39. The molecule has 1 N–H and O–H groups in total. The van der Waals surface area contributed by atoms with Crippen LogP contribution in [0.3, 0.4) is 0 Å². The first-order valence-corrected chi connectivity index (χ1v) is 9.40. The lowest BCUT2D eigenvalue weighted by Gasteiger charge is -2.17. The van der Waals surface area contributed by atoms with Crippen molar-refractivity contribution in [3.8, 4) is 5.75 Å². The Bertz CT molecular complexity index is 863. The molecular weight excluding hydrogens is 336 g/mol. The number of amides is 1. The van der Waals surface area contributed by atoms with Gasteiger partial charge >= 0.3 is 0 Å². The van der Waals surface area contributed by atoms with Crippen LogP contribution in [0.15, 0.2) is 38.6 Å². The van der Waals surface area contributed by atoms with Crippen LogP contribution in [-0.4, -0.2) is 24.2 Å². The van der Waals surface area contributed by atoms with Crippen LogP contribution >= 0.6 is 11.8 Å². The molecular formula is C19H20N2O3S. The number of methoxy groups -OCH3 is 1. The smallest absolute Gasteiger partial charge is 0.264 e. The third-order valence-electron chi connectivity index (χ3n) is 4.55. The van der Waals surface area contributed by atoms with Crippen molar-refractivity contribution in [1.29, 1.82) is 0 Å². The molecule has 2 fully saturated rings. The number of carbonyl (C=O) groups is 1. The third-order valence-corrected chi connectivity index (χ3v) is 5.47. The van der Waals surface area contributed by atoms with E-state index in [2.05, 4.69) is 5.32 Å². The number of furan rings is 1. The van der Waals surface area contributed by atoms with Crippen molar-refractivity contribution in [2.75, 3.05) is 7.11 Å². The van der Waals surface area contributed by atoms with Gasteiger partial charge in [-0.25, -0.2) is 0 Å². The van der Waals surface area contributed by atoms with E-state index in [4.69, 9.17) is 14.1 Å². The van der Waals surface area contributed by atoms with Gasteiger partial charge in [-0.2, -0.15) is 0 Å². The van der Waals surface area contributed by atoms with Gasteiger partial charge in [0.25, 0.3) is 5.91 Å². The van der Waals surface area contributed by atoms with E-state index in [1.54, 1.807) is 13.2 Å². The van der Waals surface area contributed by atoms with Crippen molar-refractivity contribution < 1.29 is 13.9 Å². The highest BCUT2D eigenvalue weighted by Gasteiger charge is 2.25. The second-order valence-corrected chi connectivity index (χ2v) is 7.35. The molecule has 1 amide bonds. The Morgan fingerprint density at radius 3 is 2.96 bits per heavy atom. The first-order valence-electron chi connectivity index (χ1n) is 8.58. The average Bonchev–Trinajstić information content (AvgIpc) is 3.18. The molecule has 1 aliphatic heterocycles. The lowest BCUT2D eigenvalue weighted by molar-refractivity contribution is -0.115. The fourth-order valence-electron chi connectivity index (χ4n) is 3.28. The minimum absolute atomic E-state index is 0.119. The van der Waals surface area contributed by atoms with E-state index in [9.17, 15) is 4.79 Å². The summed E-state index contributed by atoms with van der Waals surface area (Å²) in [7, 11) is 1.61. The summed E-state index contributed by atoms with van der Waals surface area (Å²) in [6, 6.07) is 7.98. The van der Waals surface area contributed by atoms with Crippen LogP contribution in [0.1, 0.15) is 37.9 Å². The van der Waals surface area contributed by atoms with Gasteiger partial charge in [0.05, 0.1) is 18.1 Å². The topological polar surface area (TPSA) is 63.8 Å². The molecule has 0 atom stereocenters. The van der Waals surface area contributed by atoms with E-state index in [1.807, 2.05) is 24.3 Å². The van der Waals surface area contributed by atoms with E-state index < -0.39 is 0 Å². The van der Waals surface area contributed by atoms with Gasteiger partial charge in [-0.3, -0.25) is 9.79 Å². The Morgan fingerprint density at radius 2 is 2.16 bits per heavy atom. The predicted molar refractivity (Wildman–Crippen MR) is 101 cm³/mol. The Balaban J connectivity index is 1.57. The molecule has 1 aromatic heterocycles. The van der Waals surface area contributed by atoms with Crippen molar-refractivity contribution in [2.24, 2.45) is 4.99 Å². The maximum absolute atomic E-state index is 12.2. The SMILES string of the molecule is COc1cccc2cc(C=C3SC(=NC4CCCCC4)NC3=O)oc12. The van der Waals surface area contributed by atoms with Crippen molar-refractivity contribution in [2.45, 2.75) is 38.1 Å². The molecule has 2 aromatic rings. The van der Waals surface area contributed by atoms with Gasteiger partial charge in [0.2, 0.25) is 0 Å². The zero-order valence-corrected chi connectivity index (χ0v) is 14.9. The number of fused-ring (bicyclic) bond motifs is 1. The van der Waals surface area contributed by atoms with Crippen LogP contribution in [0.5, 0.6) is 5.75 Å². The minimum atomic E-state index is -0.119. The quantitative estimate of drug-likeness (QED) is 0.831. The van der Waals surface area contributed by atoms with Gasteiger partial charge in [0, 0.05) is 11.5 Å². The van der Waals surface area contributed by atoms with Gasteiger partial charge in [0.15, 0.2) is 16.5 Å². The number of para-hydroxylation sites is 1. The van der Waals surface area contributed by atoms with E-state index in [0.717, 1.165) is 18.2 Å². The van der Waals surface area contributed by atoms with Gasteiger partial charge in [-0.15, -0.1) is 0 Å². The van der Waals surface area contributed by atoms with Gasteiger partial charge in [0.1, 0.15) is 5.76 Å². The van der Waals surface area contributed by atoms with Crippen molar-refractivity contribution in [3.63, 3.8) is 0 Å². The number of aliphatic imine (C=N–C) groups is 1. The fraction of sp³-hybridized carbons (Fsp3) is 0.368. The molecule has 5 nitrogen and oxygen atoms in total. The third kappa shape index (κ3) is 3.44. The zero-order valence-electron chi connectivity index (χ0n) is 14.1. The highest BCUT2D eigenvalue weighted by atomic mass is 32.2. The standard InChI is InChI=1S/C19H20N2O3S/c1-23-15-9-5-6-12-10-14(24-17(12)15)11-16-18(22)21-19(25-16)20-13-7-3-2-4-8-13/h5-6,9-11,13H,2-4,7-8H2,1H3,(H,20,21,22). The van der Waals surface area contributed by atoms with Crippen LogP contribution in [0.2, 0.25) is 0 Å². The van der Waals surface area contributed by atoms with Crippen molar-refractivity contribution in [1.82, 2.24) is 5.32 Å². The first kappa shape index (κ1) is 16.3. The van der Waals surface area contributed by atoms with E-state index >= 15 is 0 Å². The Morgan fingerprint density at radius 1 is 1.32 bits per heavy atom. The molecule has 2 aliphatic rings. The van der Waals surface area contributed by atoms with Crippen LogP contribution in [-0.2, 0) is 4.79 Å². The maximum atomic E-state index is 12.2. The second kappa shape index (κ2) is 6.96. The van der Waals surface area contributed by atoms with Crippen LogP contribution < -0.4 is 10.1 Å². The summed E-state index contributed by atoms with van der Waals surface area (Å²) in [5.41, 5.74) is 0.691. The molecule has 1 aliphatic carbocycles. The molecule has 0 radical (unpaired) electrons. The second-order valence-electron chi connectivity index (χ2n) is 6.32. The molecule has 25 heavy (non-hydrogen) atoms. The van der Waals surface area contributed by atoms with E-state index in [0.29, 0.717) is 33.2 Å². The van der Waals surface area contributed by atoms with Crippen LogP contribution in [0, 0.1) is 0 Å². The fourth-order valence-corrected chi connectivity index (χ4v) is 4.15. The van der Waals surface area contributed by atoms with Gasteiger partial charge < -0.3 is 14.5 Å². The highest BCUT2D eigenvalue weighted by molar-refractivity contribution is 8.18. The average molecular weight is 356 g/mol. The summed E-state index contributed by atoms with van der Waals surface area (Å²) in [5.74, 6) is 1.20. The normalized spacial score (nSPS) is 22.0. The number of rotatable bonds is 3. The number of nitrogens with one attached hydrogen (secondary N) is 1. The highest BCUT2D eigenvalue weighted by Crippen LogP contribution is 2.32. The Hall–Kier alpha value is -2.21. The Labute approximate surface area is 150 Å². The zero-order chi connectivity index (χ0) is 17.2. The van der Waals surface area contributed by atoms with Crippen LogP contribution in [0.25, 0.3) is 17.0 Å². The lowest BCUT2D eigenvalue weighted by atomic mass is 9.96.